The van der Waals surface area contributed by atoms with Crippen molar-refractivity contribution in [3.63, 3.8) is 0 Å². The van der Waals surface area contributed by atoms with Crippen molar-refractivity contribution in [3.8, 4) is 17.2 Å². The average molecular weight is 734 g/mol. The molecular weight excluding hydrogens is 690 g/mol. The summed E-state index contributed by atoms with van der Waals surface area (Å²) in [6.45, 7) is 3.49. The van der Waals surface area contributed by atoms with Crippen molar-refractivity contribution in [2.45, 2.75) is 75.6 Å². The highest BCUT2D eigenvalue weighted by Crippen LogP contribution is 2.52. The lowest BCUT2D eigenvalue weighted by atomic mass is 9.72. The summed E-state index contributed by atoms with van der Waals surface area (Å²) in [6, 6.07) is 11.8. The molecule has 15 heteroatoms. The molecule has 2 saturated heterocycles. The van der Waals surface area contributed by atoms with Crippen LogP contribution in [0.1, 0.15) is 80.8 Å². The zero-order valence-electron chi connectivity index (χ0n) is 29.6. The predicted molar refractivity (Wildman–Crippen MR) is 187 cm³/mol. The van der Waals surface area contributed by atoms with Crippen LogP contribution in [0.5, 0.6) is 17.2 Å². The standard InChI is InChI=1S/C38H43N3O12/c1-19-24(52-27-18-49-14-13-40-27)11-12-28(51-19)53-26-16-38(47,37(46)41-50-17-20-7-9-21(39-2)10-8-20)15-23-30(26)36(45)32-31(34(23)43)33(42)22-5-4-6-25(48-3)29(22)35(32)44/h4-10,19,24,26-28,39-40,43,45,47H,11-18H2,1-3H3,(H,41,46)/t19-,24-,26-,27?,28?,38-/m0/s1. The van der Waals surface area contributed by atoms with Crippen molar-refractivity contribution < 1.29 is 58.2 Å². The first-order valence-electron chi connectivity index (χ1n) is 17.6. The fourth-order valence-electron chi connectivity index (χ4n) is 7.49. The Morgan fingerprint density at radius 1 is 1.02 bits per heavy atom. The fraction of sp³-hybridized carbons (Fsp3) is 0.447. The first-order valence-corrected chi connectivity index (χ1v) is 17.6. The molecule has 0 saturated carbocycles. The number of carbonyl (C=O) groups excluding carboxylic acids is 3. The number of amides is 1. The van der Waals surface area contributed by atoms with Gasteiger partial charge in [0.1, 0.15) is 23.5 Å². The summed E-state index contributed by atoms with van der Waals surface area (Å²) in [7, 11) is 3.15. The molecule has 282 valence electrons. The molecule has 2 heterocycles. The van der Waals surface area contributed by atoms with Gasteiger partial charge >= 0.3 is 0 Å². The smallest absolute Gasteiger partial charge is 0.275 e. The molecule has 0 aromatic heterocycles. The first kappa shape index (κ1) is 36.7. The summed E-state index contributed by atoms with van der Waals surface area (Å²) in [5, 5.41) is 41.9. The lowest BCUT2D eigenvalue weighted by Gasteiger charge is -2.42. The van der Waals surface area contributed by atoms with Gasteiger partial charge in [-0.05, 0) is 37.1 Å². The molecule has 2 aliphatic heterocycles. The van der Waals surface area contributed by atoms with Crippen molar-refractivity contribution in [1.29, 1.82) is 0 Å². The molecule has 4 aliphatic rings. The highest BCUT2D eigenvalue weighted by Gasteiger charge is 2.50. The monoisotopic (exact) mass is 733 g/mol. The molecule has 53 heavy (non-hydrogen) atoms. The third-order valence-electron chi connectivity index (χ3n) is 10.3. The normalized spacial score (nSPS) is 26.6. The van der Waals surface area contributed by atoms with Crippen LogP contribution >= 0.6 is 0 Å². The molecule has 0 radical (unpaired) electrons. The van der Waals surface area contributed by atoms with Crippen LogP contribution < -0.4 is 20.9 Å². The van der Waals surface area contributed by atoms with Crippen LogP contribution in [0.15, 0.2) is 42.5 Å². The number of hydroxylamine groups is 1. The Hall–Kier alpha value is -4.61. The summed E-state index contributed by atoms with van der Waals surface area (Å²) < 4.78 is 29.7. The van der Waals surface area contributed by atoms with Gasteiger partial charge in [0.15, 0.2) is 17.7 Å². The van der Waals surface area contributed by atoms with Gasteiger partial charge in [0.25, 0.3) is 5.91 Å². The summed E-state index contributed by atoms with van der Waals surface area (Å²) >= 11 is 0. The van der Waals surface area contributed by atoms with Crippen LogP contribution in [-0.4, -0.2) is 97.0 Å². The number of anilines is 1. The SMILES string of the molecule is CNc1ccc(CONC(=O)[C@]2(O)Cc3c(O)c4c(c(O)c3[C@@H](OC3CC[C@H](OC5COCCN5)[C@H](C)O3)C2)C(=O)c2c(OC)cccc2C4=O)cc1. The molecule has 2 fully saturated rings. The molecule has 15 nitrogen and oxygen atoms in total. The van der Waals surface area contributed by atoms with Gasteiger partial charge in [0, 0.05) is 55.2 Å². The minimum atomic E-state index is -2.26. The van der Waals surface area contributed by atoms with Crippen LogP contribution in [0.3, 0.4) is 0 Å². The Morgan fingerprint density at radius 3 is 2.49 bits per heavy atom. The van der Waals surface area contributed by atoms with E-state index in [9.17, 15) is 29.7 Å². The highest BCUT2D eigenvalue weighted by molar-refractivity contribution is 6.31. The zero-order chi connectivity index (χ0) is 37.4. The molecule has 6 N–H and O–H groups in total. The Morgan fingerprint density at radius 2 is 1.79 bits per heavy atom. The lowest BCUT2D eigenvalue weighted by Crippen LogP contribution is -2.52. The Labute approximate surface area is 305 Å². The van der Waals surface area contributed by atoms with E-state index in [1.807, 2.05) is 31.2 Å². The summed E-state index contributed by atoms with van der Waals surface area (Å²) in [4.78, 5) is 47.0. The lowest BCUT2D eigenvalue weighted by molar-refractivity contribution is -0.258. The molecular formula is C38H43N3O12. The molecule has 0 bridgehead atoms. The number of benzene rings is 3. The van der Waals surface area contributed by atoms with Gasteiger partial charge in [0.2, 0.25) is 5.78 Å². The number of phenolic OH excluding ortho intramolecular Hbond substituents is 2. The second kappa shape index (κ2) is 15.0. The van der Waals surface area contributed by atoms with E-state index in [0.29, 0.717) is 32.6 Å². The number of ether oxygens (including phenoxy) is 5. The van der Waals surface area contributed by atoms with E-state index in [2.05, 4.69) is 16.1 Å². The van der Waals surface area contributed by atoms with Crippen LogP contribution in [0.25, 0.3) is 0 Å². The van der Waals surface area contributed by atoms with E-state index < -0.39 is 77.0 Å². The number of aliphatic hydroxyl groups is 1. The summed E-state index contributed by atoms with van der Waals surface area (Å²) in [5.74, 6) is -3.55. The van der Waals surface area contributed by atoms with Crippen molar-refractivity contribution in [2.24, 2.45) is 0 Å². The zero-order valence-corrected chi connectivity index (χ0v) is 29.6. The second-order valence-corrected chi connectivity index (χ2v) is 13.6. The van der Waals surface area contributed by atoms with Gasteiger partial charge in [-0.3, -0.25) is 24.5 Å². The number of nitrogens with one attached hydrogen (secondary N) is 3. The third-order valence-corrected chi connectivity index (χ3v) is 10.3. The molecule has 3 aromatic carbocycles. The number of aromatic hydroxyl groups is 2. The van der Waals surface area contributed by atoms with Gasteiger partial charge in [0.05, 0.1) is 61.9 Å². The van der Waals surface area contributed by atoms with Crippen molar-refractivity contribution in [1.82, 2.24) is 10.8 Å². The van der Waals surface area contributed by atoms with Crippen molar-refractivity contribution in [3.05, 3.63) is 81.4 Å². The average Bonchev–Trinajstić information content (AvgIpc) is 3.16. The second-order valence-electron chi connectivity index (χ2n) is 13.6. The molecule has 7 rings (SSSR count). The van der Waals surface area contributed by atoms with Gasteiger partial charge in [-0.25, -0.2) is 5.48 Å². The maximum Gasteiger partial charge on any atom is 0.275 e. The number of fused-ring (bicyclic) bond motifs is 3. The molecule has 6 atom stereocenters. The number of methoxy groups -OCH3 is 1. The van der Waals surface area contributed by atoms with E-state index in [0.717, 1.165) is 11.3 Å². The molecule has 0 spiro atoms. The minimum Gasteiger partial charge on any atom is -0.507 e. The topological polar surface area (TPSA) is 203 Å². The maximum absolute atomic E-state index is 14.0. The number of ketones is 2. The molecule has 2 aliphatic carbocycles. The van der Waals surface area contributed by atoms with Gasteiger partial charge in [-0.1, -0.05) is 24.3 Å². The van der Waals surface area contributed by atoms with E-state index in [1.165, 1.54) is 25.3 Å². The van der Waals surface area contributed by atoms with Crippen molar-refractivity contribution in [2.75, 3.05) is 39.2 Å². The Balaban J connectivity index is 1.19. The number of morpholine rings is 1. The van der Waals surface area contributed by atoms with Crippen LogP contribution in [-0.2, 0) is 41.6 Å². The van der Waals surface area contributed by atoms with E-state index in [4.69, 9.17) is 28.5 Å². The quantitative estimate of drug-likeness (QED) is 0.103. The number of phenols is 2. The highest BCUT2D eigenvalue weighted by atomic mass is 16.7. The number of carbonyl (C=O) groups is 3. The van der Waals surface area contributed by atoms with Gasteiger partial charge in [-0.2, -0.15) is 0 Å². The summed E-state index contributed by atoms with van der Waals surface area (Å²) in [5.41, 5.74) is 0.575. The van der Waals surface area contributed by atoms with E-state index in [1.54, 1.807) is 7.05 Å². The summed E-state index contributed by atoms with van der Waals surface area (Å²) in [6.07, 6.45) is -3.28. The Kier molecular flexibility index (Phi) is 10.4. The van der Waals surface area contributed by atoms with E-state index in [-0.39, 0.29) is 46.9 Å². The van der Waals surface area contributed by atoms with E-state index >= 15 is 0 Å². The fourth-order valence-corrected chi connectivity index (χ4v) is 7.49. The number of hydrogen-bond donors (Lipinski definition) is 6. The van der Waals surface area contributed by atoms with Gasteiger partial charge < -0.3 is 44.3 Å². The molecule has 1 amide bonds. The third kappa shape index (κ3) is 6.97. The van der Waals surface area contributed by atoms with Crippen LogP contribution in [0, 0.1) is 0 Å². The maximum atomic E-state index is 14.0. The molecule has 2 unspecified atom stereocenters. The minimum absolute atomic E-state index is 0.0130. The number of rotatable bonds is 10. The molecule has 3 aromatic rings. The number of hydrogen-bond acceptors (Lipinski definition) is 14. The first-order chi connectivity index (χ1) is 25.5. The van der Waals surface area contributed by atoms with Crippen LogP contribution in [0.2, 0.25) is 0 Å². The van der Waals surface area contributed by atoms with Gasteiger partial charge in [-0.15, -0.1) is 0 Å². The predicted octanol–water partition coefficient (Wildman–Crippen LogP) is 2.76. The van der Waals surface area contributed by atoms with Crippen LogP contribution in [0.4, 0.5) is 5.69 Å². The largest absolute Gasteiger partial charge is 0.507 e. The van der Waals surface area contributed by atoms with Crippen molar-refractivity contribution >= 4 is 23.2 Å². The Bertz CT molecular complexity index is 1900.